The van der Waals surface area contributed by atoms with Crippen molar-refractivity contribution in [3.8, 4) is 0 Å². The molecule has 3 aliphatic rings. The van der Waals surface area contributed by atoms with E-state index in [4.69, 9.17) is 4.74 Å². The van der Waals surface area contributed by atoms with Gasteiger partial charge in [0.2, 0.25) is 5.91 Å². The number of aliphatic hydroxyl groups excluding tert-OH is 1. The summed E-state index contributed by atoms with van der Waals surface area (Å²) in [5.74, 6) is -3.70. The van der Waals surface area contributed by atoms with Crippen LogP contribution in [0, 0.1) is 17.8 Å². The summed E-state index contributed by atoms with van der Waals surface area (Å²) in [5.41, 5.74) is -0.554. The van der Waals surface area contributed by atoms with Gasteiger partial charge in [-0.25, -0.2) is 0 Å². The summed E-state index contributed by atoms with van der Waals surface area (Å²) in [4.78, 5) is 46.8. The third-order valence-corrected chi connectivity index (χ3v) is 9.33. The minimum absolute atomic E-state index is 0.144. The second-order valence-electron chi connectivity index (χ2n) is 11.8. The molecule has 1 spiro atoms. The molecular weight excluding hydrogens is 510 g/mol. The number of aliphatic hydroxyl groups is 1. The van der Waals surface area contributed by atoms with Gasteiger partial charge in [-0.05, 0) is 69.7 Å². The fraction of sp³-hybridized carbons (Fsp3) is 0.645. The first-order valence-electron chi connectivity index (χ1n) is 14.7. The van der Waals surface area contributed by atoms with Gasteiger partial charge in [0.15, 0.2) is 0 Å². The zero-order valence-electron chi connectivity index (χ0n) is 24.5. The van der Waals surface area contributed by atoms with E-state index in [2.05, 4.69) is 25.3 Å². The number of anilines is 2. The lowest BCUT2D eigenvalue weighted by molar-refractivity contribution is -0.157. The Morgan fingerprint density at radius 2 is 1.77 bits per heavy atom. The van der Waals surface area contributed by atoms with Crippen LogP contribution >= 0.6 is 0 Å². The van der Waals surface area contributed by atoms with Crippen LogP contribution in [0.25, 0.3) is 0 Å². The van der Waals surface area contributed by atoms with E-state index >= 15 is 0 Å². The molecule has 3 saturated heterocycles. The van der Waals surface area contributed by atoms with Gasteiger partial charge < -0.3 is 29.6 Å². The highest BCUT2D eigenvalue weighted by Gasteiger charge is 2.79. The number of carbonyl (C=O) groups excluding carboxylic acids is 2. The Bertz CT molecular complexity index is 1120. The largest absolute Gasteiger partial charge is 0.481 e. The zero-order valence-corrected chi connectivity index (χ0v) is 24.5. The molecule has 40 heavy (non-hydrogen) atoms. The predicted molar refractivity (Wildman–Crippen MR) is 154 cm³/mol. The molecule has 3 fully saturated rings. The number of aliphatic carboxylic acids is 1. The number of hydrogen-bond acceptors (Lipinski definition) is 6. The van der Waals surface area contributed by atoms with Gasteiger partial charge in [0, 0.05) is 31.0 Å². The third kappa shape index (κ3) is 4.61. The van der Waals surface area contributed by atoms with Crippen molar-refractivity contribution in [1.29, 1.82) is 0 Å². The first-order chi connectivity index (χ1) is 19.0. The Morgan fingerprint density at radius 1 is 1.15 bits per heavy atom. The number of carbonyl (C=O) groups is 3. The first-order valence-corrected chi connectivity index (χ1v) is 14.7. The smallest absolute Gasteiger partial charge is 0.310 e. The molecule has 1 aromatic rings. The molecule has 0 radical (unpaired) electrons. The average Bonchev–Trinajstić information content (AvgIpc) is 3.54. The fourth-order valence-electron chi connectivity index (χ4n) is 7.56. The second-order valence-corrected chi connectivity index (χ2v) is 11.8. The predicted octanol–water partition coefficient (Wildman–Crippen LogP) is 3.70. The Kier molecular flexibility index (Phi) is 8.66. The van der Waals surface area contributed by atoms with Gasteiger partial charge in [-0.3, -0.25) is 14.4 Å². The molecule has 2 bridgehead atoms. The fourth-order valence-corrected chi connectivity index (χ4v) is 7.56. The van der Waals surface area contributed by atoms with Crippen LogP contribution in [-0.2, 0) is 19.1 Å². The van der Waals surface area contributed by atoms with Gasteiger partial charge in [0.25, 0.3) is 5.91 Å². The summed E-state index contributed by atoms with van der Waals surface area (Å²) in [6.07, 6.45) is 3.44. The summed E-state index contributed by atoms with van der Waals surface area (Å²) >= 11 is 0. The van der Waals surface area contributed by atoms with Crippen LogP contribution in [0.3, 0.4) is 0 Å². The van der Waals surface area contributed by atoms with E-state index in [0.29, 0.717) is 31.4 Å². The molecule has 3 heterocycles. The molecule has 9 heteroatoms. The van der Waals surface area contributed by atoms with Gasteiger partial charge in [0.05, 0.1) is 24.2 Å². The molecule has 0 aliphatic carbocycles. The Labute approximate surface area is 237 Å². The quantitative estimate of drug-likeness (QED) is 0.357. The normalized spacial score (nSPS) is 29.5. The Morgan fingerprint density at radius 3 is 2.27 bits per heavy atom. The number of nitrogens with zero attached hydrogens (tertiary/aromatic N) is 3. The maximum atomic E-state index is 14.7. The summed E-state index contributed by atoms with van der Waals surface area (Å²) < 4.78 is 6.67. The highest BCUT2D eigenvalue weighted by Crippen LogP contribution is 2.64. The standard InChI is InChI=1S/C31H45N3O6/c1-7-17-33(22-13-11-21(12-14-22)32(9-3)10-4)28(37)26-31-16-15-30(8-2,40-31)25(29(38)39)24(31)27(36)34(26)23(19-35)18-20(5)6/h7,11-14,20,23-26,35H,1,8-10,15-19H2,2-6H3,(H,38,39)/t23-,24+,25-,26?,30+,31?/m1/s1. The average molecular weight is 556 g/mol. The van der Waals surface area contributed by atoms with Crippen LogP contribution in [0.15, 0.2) is 36.9 Å². The van der Waals surface area contributed by atoms with E-state index in [1.807, 2.05) is 45.0 Å². The number of ether oxygens (including phenoxy) is 1. The zero-order chi connectivity index (χ0) is 29.4. The van der Waals surface area contributed by atoms with Crippen molar-refractivity contribution in [3.63, 3.8) is 0 Å². The third-order valence-electron chi connectivity index (χ3n) is 9.33. The van der Waals surface area contributed by atoms with Crippen molar-refractivity contribution < 1.29 is 29.3 Å². The van der Waals surface area contributed by atoms with E-state index < -0.39 is 47.0 Å². The highest BCUT2D eigenvalue weighted by molar-refractivity contribution is 6.05. The molecule has 0 aromatic heterocycles. The van der Waals surface area contributed by atoms with Crippen LogP contribution < -0.4 is 9.80 Å². The molecule has 6 atom stereocenters. The van der Waals surface area contributed by atoms with Gasteiger partial charge in [-0.2, -0.15) is 0 Å². The van der Waals surface area contributed by atoms with E-state index in [9.17, 15) is 24.6 Å². The summed E-state index contributed by atoms with van der Waals surface area (Å²) in [5, 5.41) is 20.8. The lowest BCUT2D eigenvalue weighted by Gasteiger charge is -2.40. The van der Waals surface area contributed by atoms with Crippen LogP contribution in [-0.4, -0.2) is 82.4 Å². The monoisotopic (exact) mass is 555 g/mol. The number of amides is 2. The van der Waals surface area contributed by atoms with Crippen molar-refractivity contribution in [2.24, 2.45) is 17.8 Å². The number of carboxylic acids is 1. The molecule has 2 amide bonds. The number of likely N-dealkylation sites (tertiary alicyclic amines) is 1. The van der Waals surface area contributed by atoms with Crippen molar-refractivity contribution in [2.45, 2.75) is 83.6 Å². The molecule has 3 aliphatic heterocycles. The number of carboxylic acid groups (broad SMARTS) is 1. The number of benzene rings is 1. The molecule has 220 valence electrons. The van der Waals surface area contributed by atoms with Crippen LogP contribution in [0.2, 0.25) is 0 Å². The topological polar surface area (TPSA) is 111 Å². The van der Waals surface area contributed by atoms with Crippen LogP contribution in [0.4, 0.5) is 11.4 Å². The van der Waals surface area contributed by atoms with Crippen molar-refractivity contribution in [3.05, 3.63) is 36.9 Å². The van der Waals surface area contributed by atoms with Crippen molar-refractivity contribution in [2.75, 3.05) is 36.0 Å². The lowest BCUT2D eigenvalue weighted by Crippen LogP contribution is -2.59. The second kappa shape index (κ2) is 11.5. The first kappa shape index (κ1) is 30.1. The molecule has 9 nitrogen and oxygen atoms in total. The summed E-state index contributed by atoms with van der Waals surface area (Å²) in [6.45, 7) is 15.5. The minimum Gasteiger partial charge on any atom is -0.481 e. The van der Waals surface area contributed by atoms with Crippen LogP contribution in [0.1, 0.15) is 60.3 Å². The summed E-state index contributed by atoms with van der Waals surface area (Å²) in [7, 11) is 0. The number of rotatable bonds is 13. The van der Waals surface area contributed by atoms with E-state index in [1.165, 1.54) is 4.90 Å². The highest BCUT2D eigenvalue weighted by atomic mass is 16.5. The molecule has 1 aromatic carbocycles. The lowest BCUT2D eigenvalue weighted by atomic mass is 9.65. The van der Waals surface area contributed by atoms with Gasteiger partial charge in [0.1, 0.15) is 17.6 Å². The van der Waals surface area contributed by atoms with Crippen LogP contribution in [0.5, 0.6) is 0 Å². The van der Waals surface area contributed by atoms with Gasteiger partial charge >= 0.3 is 5.97 Å². The van der Waals surface area contributed by atoms with E-state index in [0.717, 1.165) is 18.8 Å². The minimum atomic E-state index is -1.27. The number of hydrogen-bond donors (Lipinski definition) is 2. The van der Waals surface area contributed by atoms with Crippen molar-refractivity contribution in [1.82, 2.24) is 4.90 Å². The molecular formula is C31H45N3O6. The van der Waals surface area contributed by atoms with Gasteiger partial charge in [-0.1, -0.05) is 26.8 Å². The molecule has 2 N–H and O–H groups in total. The maximum Gasteiger partial charge on any atom is 0.310 e. The maximum absolute atomic E-state index is 14.7. The van der Waals surface area contributed by atoms with E-state index in [1.54, 1.807) is 11.0 Å². The molecule has 0 saturated carbocycles. The van der Waals surface area contributed by atoms with E-state index in [-0.39, 0.29) is 25.0 Å². The SMILES string of the molecule is C=CCN(C(=O)C1N([C@@H](CO)CC(C)C)C(=O)[C@@H]2[C@H](C(=O)O)[C@]3(CC)CCC12O3)c1ccc(N(CC)CC)cc1. The van der Waals surface area contributed by atoms with Crippen molar-refractivity contribution >= 4 is 29.2 Å². The molecule has 2 unspecified atom stereocenters. The summed E-state index contributed by atoms with van der Waals surface area (Å²) in [6, 6.07) is 6.05. The van der Waals surface area contributed by atoms with Gasteiger partial charge in [-0.15, -0.1) is 6.58 Å². The Hall–Kier alpha value is -2.91. The molecule has 4 rings (SSSR count). The number of fused-ring (bicyclic) bond motifs is 1. The Balaban J connectivity index is 1.82.